The first kappa shape index (κ1) is 15.7. The van der Waals surface area contributed by atoms with Crippen LogP contribution in [0.3, 0.4) is 0 Å². The van der Waals surface area contributed by atoms with E-state index in [2.05, 4.69) is 0 Å². The van der Waals surface area contributed by atoms with Crippen molar-refractivity contribution in [2.75, 3.05) is 5.75 Å². The normalized spacial score (nSPS) is 11.8. The predicted octanol–water partition coefficient (Wildman–Crippen LogP) is 2.77. The highest BCUT2D eigenvalue weighted by atomic mass is 32.2. The van der Waals surface area contributed by atoms with E-state index in [9.17, 15) is 13.2 Å². The molecule has 0 aliphatic carbocycles. The minimum atomic E-state index is -3.40. The maximum atomic E-state index is 12.1. The molecule has 0 saturated carbocycles. The minimum absolute atomic E-state index is 0.0508. The maximum Gasteiger partial charge on any atom is 0.336 e. The van der Waals surface area contributed by atoms with Crippen LogP contribution < -0.4 is 0 Å². The molecule has 5 heteroatoms. The summed E-state index contributed by atoms with van der Waals surface area (Å²) in [7, 11) is -3.40. The zero-order chi connectivity index (χ0) is 14.6. The molecule has 1 aromatic carbocycles. The van der Waals surface area contributed by atoms with Gasteiger partial charge in [0.1, 0.15) is 0 Å². The van der Waals surface area contributed by atoms with Crippen LogP contribution in [0.1, 0.15) is 43.1 Å². The Hall–Kier alpha value is -1.36. The second kappa shape index (κ2) is 6.19. The molecule has 0 unspecified atom stereocenters. The lowest BCUT2D eigenvalue weighted by molar-refractivity contribution is 0.0695. The summed E-state index contributed by atoms with van der Waals surface area (Å²) in [5, 5.41) is 9.11. The van der Waals surface area contributed by atoms with Crippen molar-refractivity contribution in [1.82, 2.24) is 0 Å². The fourth-order valence-corrected chi connectivity index (χ4v) is 3.36. The molecule has 106 valence electrons. The molecule has 0 aromatic heterocycles. The van der Waals surface area contributed by atoms with Crippen molar-refractivity contribution in [2.45, 2.75) is 38.5 Å². The molecule has 1 aromatic rings. The van der Waals surface area contributed by atoms with Crippen LogP contribution in [0.4, 0.5) is 0 Å². The van der Waals surface area contributed by atoms with Gasteiger partial charge in [0.05, 0.1) is 16.2 Å². The van der Waals surface area contributed by atoms with Gasteiger partial charge < -0.3 is 5.11 Å². The van der Waals surface area contributed by atoms with Crippen molar-refractivity contribution >= 4 is 15.8 Å². The predicted molar refractivity (Wildman–Crippen MR) is 74.3 cm³/mol. The first-order chi connectivity index (χ1) is 8.77. The van der Waals surface area contributed by atoms with Crippen LogP contribution in [-0.2, 0) is 16.3 Å². The van der Waals surface area contributed by atoms with Crippen LogP contribution in [0.25, 0.3) is 0 Å². The molecule has 0 saturated heterocycles. The van der Waals surface area contributed by atoms with Crippen molar-refractivity contribution in [3.8, 4) is 0 Å². The summed E-state index contributed by atoms with van der Waals surface area (Å²) >= 11 is 0. The third-order valence-corrected chi connectivity index (χ3v) is 4.76. The summed E-state index contributed by atoms with van der Waals surface area (Å²) in [6, 6.07) is 4.36. The van der Waals surface area contributed by atoms with Crippen molar-refractivity contribution in [1.29, 1.82) is 0 Å². The zero-order valence-electron chi connectivity index (χ0n) is 11.5. The number of carboxylic acid groups (broad SMARTS) is 1. The Kier molecular flexibility index (Phi) is 5.11. The summed E-state index contributed by atoms with van der Waals surface area (Å²) < 4.78 is 24.2. The van der Waals surface area contributed by atoms with E-state index in [4.69, 9.17) is 5.11 Å². The second-order valence-corrected chi connectivity index (χ2v) is 7.09. The van der Waals surface area contributed by atoms with Gasteiger partial charge in [0, 0.05) is 0 Å². The quantitative estimate of drug-likeness (QED) is 0.872. The number of hydrogen-bond donors (Lipinski definition) is 1. The number of rotatable bonds is 6. The fraction of sp³-hybridized carbons (Fsp3) is 0.500. The zero-order valence-corrected chi connectivity index (χ0v) is 12.3. The number of sulfone groups is 1. The van der Waals surface area contributed by atoms with Gasteiger partial charge in [-0.25, -0.2) is 13.2 Å². The molecule has 1 rings (SSSR count). The number of aromatic carboxylic acids is 1. The molecule has 1 N–H and O–H groups in total. The second-order valence-electron chi connectivity index (χ2n) is 4.98. The van der Waals surface area contributed by atoms with Gasteiger partial charge in [-0.2, -0.15) is 0 Å². The van der Waals surface area contributed by atoms with E-state index in [0.29, 0.717) is 24.3 Å². The monoisotopic (exact) mass is 284 g/mol. The van der Waals surface area contributed by atoms with Gasteiger partial charge in [0.15, 0.2) is 9.84 Å². The van der Waals surface area contributed by atoms with Crippen molar-refractivity contribution in [3.63, 3.8) is 0 Å². The summed E-state index contributed by atoms with van der Waals surface area (Å²) in [5.74, 6) is -0.740. The molecule has 4 nitrogen and oxygen atoms in total. The molecule has 19 heavy (non-hydrogen) atoms. The lowest BCUT2D eigenvalue weighted by Gasteiger charge is -2.09. The molecule has 0 heterocycles. The summed E-state index contributed by atoms with van der Waals surface area (Å²) in [6.45, 7) is 5.76. The van der Waals surface area contributed by atoms with Crippen LogP contribution in [-0.4, -0.2) is 25.2 Å². The largest absolute Gasteiger partial charge is 0.478 e. The Balaban J connectivity index is 3.14. The molecular weight excluding hydrogens is 264 g/mol. The van der Waals surface area contributed by atoms with Crippen molar-refractivity contribution < 1.29 is 18.3 Å². The topological polar surface area (TPSA) is 71.4 Å². The minimum Gasteiger partial charge on any atom is -0.478 e. The maximum absolute atomic E-state index is 12.1. The smallest absolute Gasteiger partial charge is 0.336 e. The molecule has 0 atom stereocenters. The number of carbonyl (C=O) groups is 1. The van der Waals surface area contributed by atoms with Crippen LogP contribution in [0, 0.1) is 5.92 Å². The van der Waals surface area contributed by atoms with E-state index in [1.807, 2.05) is 20.8 Å². The number of hydrogen-bond acceptors (Lipinski definition) is 3. The number of carboxylic acids is 1. The van der Waals surface area contributed by atoms with E-state index in [1.54, 1.807) is 6.07 Å². The summed E-state index contributed by atoms with van der Waals surface area (Å²) in [5.41, 5.74) is 0.725. The molecule has 0 aliphatic heterocycles. The van der Waals surface area contributed by atoms with Gasteiger partial charge in [0.2, 0.25) is 0 Å². The third-order valence-electron chi connectivity index (χ3n) is 3.02. The number of benzene rings is 1. The Morgan fingerprint density at radius 3 is 2.42 bits per heavy atom. The van der Waals surface area contributed by atoms with E-state index in [1.165, 1.54) is 12.1 Å². The highest BCUT2D eigenvalue weighted by Gasteiger charge is 2.18. The van der Waals surface area contributed by atoms with Gasteiger partial charge in [-0.1, -0.05) is 26.8 Å². The van der Waals surface area contributed by atoms with E-state index < -0.39 is 15.8 Å². The Morgan fingerprint density at radius 1 is 1.32 bits per heavy atom. The van der Waals surface area contributed by atoms with Crippen LogP contribution in [0.15, 0.2) is 23.1 Å². The van der Waals surface area contributed by atoms with Gasteiger partial charge >= 0.3 is 5.97 Å². The Bertz CT molecular complexity index is 559. The summed E-state index contributed by atoms with van der Waals surface area (Å²) in [4.78, 5) is 11.2. The van der Waals surface area contributed by atoms with E-state index in [-0.39, 0.29) is 16.2 Å². The SMILES string of the molecule is CCc1ccc(S(=O)(=O)CCC(C)C)cc1C(=O)O. The highest BCUT2D eigenvalue weighted by Crippen LogP contribution is 2.19. The average Bonchev–Trinajstić information content (AvgIpc) is 2.35. The lowest BCUT2D eigenvalue weighted by atomic mass is 10.1. The van der Waals surface area contributed by atoms with Gasteiger partial charge in [-0.3, -0.25) is 0 Å². The fourth-order valence-electron chi connectivity index (χ4n) is 1.77. The standard InChI is InChI=1S/C14H20O4S/c1-4-11-5-6-12(9-13(11)14(15)16)19(17,18)8-7-10(2)3/h5-6,9-10H,4,7-8H2,1-3H3,(H,15,16). The Morgan fingerprint density at radius 2 is 1.95 bits per heavy atom. The average molecular weight is 284 g/mol. The van der Waals surface area contributed by atoms with Gasteiger partial charge in [0.25, 0.3) is 0 Å². The number of aryl methyl sites for hydroxylation is 1. The van der Waals surface area contributed by atoms with Crippen LogP contribution in [0.5, 0.6) is 0 Å². The van der Waals surface area contributed by atoms with E-state index in [0.717, 1.165) is 0 Å². The van der Waals surface area contributed by atoms with Gasteiger partial charge in [-0.15, -0.1) is 0 Å². The summed E-state index contributed by atoms with van der Waals surface area (Å²) in [6.07, 6.45) is 1.13. The highest BCUT2D eigenvalue weighted by molar-refractivity contribution is 7.91. The molecular formula is C14H20O4S. The Labute approximate surface area is 114 Å². The molecule has 0 bridgehead atoms. The molecule has 0 fully saturated rings. The first-order valence-corrected chi connectivity index (χ1v) is 8.02. The molecule has 0 aliphatic rings. The molecule has 0 radical (unpaired) electrons. The first-order valence-electron chi connectivity index (χ1n) is 6.37. The van der Waals surface area contributed by atoms with Crippen LogP contribution >= 0.6 is 0 Å². The lowest BCUT2D eigenvalue weighted by Crippen LogP contribution is -2.11. The van der Waals surface area contributed by atoms with Crippen LogP contribution in [0.2, 0.25) is 0 Å². The van der Waals surface area contributed by atoms with Crippen molar-refractivity contribution in [3.05, 3.63) is 29.3 Å². The molecule has 0 spiro atoms. The van der Waals surface area contributed by atoms with Crippen molar-refractivity contribution in [2.24, 2.45) is 5.92 Å². The van der Waals surface area contributed by atoms with E-state index >= 15 is 0 Å². The van der Waals surface area contributed by atoms with Gasteiger partial charge in [-0.05, 0) is 36.5 Å². The molecule has 0 amide bonds. The third kappa shape index (κ3) is 4.06.